The Labute approximate surface area is 146 Å². The molecule has 1 saturated heterocycles. The van der Waals surface area contributed by atoms with E-state index in [1.165, 1.54) is 28.2 Å². The van der Waals surface area contributed by atoms with E-state index in [4.69, 9.17) is 0 Å². The lowest BCUT2D eigenvalue weighted by Crippen LogP contribution is -2.35. The van der Waals surface area contributed by atoms with Crippen molar-refractivity contribution in [2.45, 2.75) is 60.0 Å². The molecule has 2 fully saturated rings. The van der Waals surface area contributed by atoms with Crippen molar-refractivity contribution in [2.75, 3.05) is 13.1 Å². The van der Waals surface area contributed by atoms with Crippen LogP contribution in [0.3, 0.4) is 0 Å². The lowest BCUT2D eigenvalue weighted by Gasteiger charge is -2.25. The maximum Gasteiger partial charge on any atom is 0.284 e. The van der Waals surface area contributed by atoms with Gasteiger partial charge >= 0.3 is 0 Å². The van der Waals surface area contributed by atoms with Crippen molar-refractivity contribution in [3.8, 4) is 0 Å². The summed E-state index contributed by atoms with van der Waals surface area (Å²) in [5, 5.41) is 11.8. The van der Waals surface area contributed by atoms with Gasteiger partial charge in [-0.05, 0) is 37.8 Å². The summed E-state index contributed by atoms with van der Waals surface area (Å²) < 4.78 is 26.9. The van der Waals surface area contributed by atoms with Gasteiger partial charge < -0.3 is 0 Å². The molecule has 1 heterocycles. The molecule has 0 atom stereocenters. The molecule has 0 aromatic heterocycles. The van der Waals surface area contributed by atoms with Gasteiger partial charge in [0, 0.05) is 24.4 Å². The number of rotatable bonds is 5. The fraction of sp³-hybridized carbons (Fsp3) is 0.625. The highest BCUT2D eigenvalue weighted by molar-refractivity contribution is 8.00. The maximum absolute atomic E-state index is 12.7. The second kappa shape index (κ2) is 7.41. The zero-order valence-electron chi connectivity index (χ0n) is 13.5. The summed E-state index contributed by atoms with van der Waals surface area (Å²) in [6, 6.07) is 4.37. The summed E-state index contributed by atoms with van der Waals surface area (Å²) in [6.45, 7) is 0.989. The summed E-state index contributed by atoms with van der Waals surface area (Å²) in [5.74, 6) is 0. The summed E-state index contributed by atoms with van der Waals surface area (Å²) >= 11 is 1.51. The maximum atomic E-state index is 12.7. The minimum absolute atomic E-state index is 0.0341. The number of sulfonamides is 1. The van der Waals surface area contributed by atoms with Crippen molar-refractivity contribution < 1.29 is 13.3 Å². The Bertz CT molecular complexity index is 709. The molecule has 0 amide bonds. The van der Waals surface area contributed by atoms with Gasteiger partial charge in [-0.25, -0.2) is 8.42 Å². The molecule has 1 aliphatic heterocycles. The van der Waals surface area contributed by atoms with Crippen molar-refractivity contribution >= 4 is 27.5 Å². The topological polar surface area (TPSA) is 80.5 Å². The number of nitro benzene ring substituents is 1. The second-order valence-electron chi connectivity index (χ2n) is 6.38. The molecule has 0 radical (unpaired) electrons. The van der Waals surface area contributed by atoms with Crippen molar-refractivity contribution in [1.29, 1.82) is 0 Å². The van der Waals surface area contributed by atoms with Crippen LogP contribution in [0.5, 0.6) is 0 Å². The Kier molecular flexibility index (Phi) is 5.46. The Morgan fingerprint density at radius 3 is 2.38 bits per heavy atom. The van der Waals surface area contributed by atoms with E-state index in [1.807, 2.05) is 0 Å². The third-order valence-electron chi connectivity index (χ3n) is 4.68. The molecule has 0 N–H and O–H groups in total. The van der Waals surface area contributed by atoms with Crippen LogP contribution in [0.4, 0.5) is 5.69 Å². The van der Waals surface area contributed by atoms with Crippen LogP contribution < -0.4 is 0 Å². The molecular weight excluding hydrogens is 348 g/mol. The molecule has 132 valence electrons. The van der Waals surface area contributed by atoms with Crippen molar-refractivity contribution in [3.05, 3.63) is 28.3 Å². The quantitative estimate of drug-likeness (QED) is 0.582. The molecule has 0 unspecified atom stereocenters. The molecule has 1 saturated carbocycles. The van der Waals surface area contributed by atoms with Crippen molar-refractivity contribution in [1.82, 2.24) is 4.31 Å². The van der Waals surface area contributed by atoms with Crippen LogP contribution >= 0.6 is 11.8 Å². The molecule has 1 aliphatic carbocycles. The number of nitrogens with zero attached hydrogens (tertiary/aromatic N) is 2. The van der Waals surface area contributed by atoms with Gasteiger partial charge in [-0.15, -0.1) is 11.8 Å². The van der Waals surface area contributed by atoms with Crippen molar-refractivity contribution in [3.63, 3.8) is 0 Å². The fourth-order valence-corrected chi connectivity index (χ4v) is 6.21. The first-order valence-corrected chi connectivity index (χ1v) is 10.8. The summed E-state index contributed by atoms with van der Waals surface area (Å²) in [7, 11) is -3.64. The van der Waals surface area contributed by atoms with E-state index in [0.29, 0.717) is 23.2 Å². The molecule has 1 aromatic rings. The monoisotopic (exact) mass is 370 g/mol. The van der Waals surface area contributed by atoms with E-state index in [2.05, 4.69) is 0 Å². The predicted octanol–water partition coefficient (Wildman–Crippen LogP) is 3.80. The van der Waals surface area contributed by atoms with Crippen LogP contribution in [0, 0.1) is 10.1 Å². The normalized spacial score (nSPS) is 20.3. The van der Waals surface area contributed by atoms with Gasteiger partial charge in [0.25, 0.3) is 5.69 Å². The summed E-state index contributed by atoms with van der Waals surface area (Å²) in [5.41, 5.74) is -0.0926. The second-order valence-corrected chi connectivity index (χ2v) is 9.66. The van der Waals surface area contributed by atoms with Crippen molar-refractivity contribution in [2.24, 2.45) is 0 Å². The summed E-state index contributed by atoms with van der Waals surface area (Å²) in [6.07, 6.45) is 7.17. The largest absolute Gasteiger partial charge is 0.284 e. The van der Waals surface area contributed by atoms with E-state index >= 15 is 0 Å². The average molecular weight is 370 g/mol. The smallest absolute Gasteiger partial charge is 0.258 e. The minimum atomic E-state index is -3.64. The SMILES string of the molecule is O=[N+]([O-])c1cc(S(=O)(=O)N2CCCCC2)ccc1SC1CCCC1. The first-order valence-electron chi connectivity index (χ1n) is 8.44. The van der Waals surface area contributed by atoms with Gasteiger partial charge in [0.15, 0.2) is 0 Å². The Balaban J connectivity index is 1.89. The molecule has 3 rings (SSSR count). The first kappa shape index (κ1) is 17.7. The van der Waals surface area contributed by atoms with E-state index < -0.39 is 14.9 Å². The molecule has 0 spiro atoms. The molecule has 24 heavy (non-hydrogen) atoms. The van der Waals surface area contributed by atoms with Crippen LogP contribution in [0.1, 0.15) is 44.9 Å². The van der Waals surface area contributed by atoms with Gasteiger partial charge in [-0.2, -0.15) is 4.31 Å². The molecule has 2 aliphatic rings. The molecule has 0 bridgehead atoms. The zero-order valence-corrected chi connectivity index (χ0v) is 15.2. The van der Waals surface area contributed by atoms with Crippen LogP contribution in [0.15, 0.2) is 28.0 Å². The number of thioether (sulfide) groups is 1. The van der Waals surface area contributed by atoms with Gasteiger partial charge in [0.1, 0.15) is 0 Å². The lowest BCUT2D eigenvalue weighted by molar-refractivity contribution is -0.388. The zero-order chi connectivity index (χ0) is 17.2. The number of hydrogen-bond donors (Lipinski definition) is 0. The third-order valence-corrected chi connectivity index (χ3v) is 7.97. The first-order chi connectivity index (χ1) is 11.5. The highest BCUT2D eigenvalue weighted by Crippen LogP contribution is 2.40. The van der Waals surface area contributed by atoms with Crippen LogP contribution in [-0.4, -0.2) is 36.0 Å². The predicted molar refractivity (Wildman–Crippen MR) is 93.8 cm³/mol. The fourth-order valence-electron chi connectivity index (χ4n) is 3.34. The highest BCUT2D eigenvalue weighted by atomic mass is 32.2. The minimum Gasteiger partial charge on any atom is -0.258 e. The number of nitro groups is 1. The molecule has 8 heteroatoms. The highest BCUT2D eigenvalue weighted by Gasteiger charge is 2.29. The number of benzene rings is 1. The standard InChI is InChI=1S/C16H22N2O4S2/c19-18(20)15-12-14(24(21,22)17-10-4-1-5-11-17)8-9-16(15)23-13-6-2-3-7-13/h8-9,12-13H,1-7,10-11H2. The third kappa shape index (κ3) is 3.75. The Morgan fingerprint density at radius 1 is 1.08 bits per heavy atom. The molecular formula is C16H22N2O4S2. The van der Waals surface area contributed by atoms with Gasteiger partial charge in [-0.1, -0.05) is 19.3 Å². The van der Waals surface area contributed by atoms with Gasteiger partial charge in [-0.3, -0.25) is 10.1 Å². The van der Waals surface area contributed by atoms with E-state index in [-0.39, 0.29) is 10.6 Å². The number of piperidine rings is 1. The molecule has 6 nitrogen and oxygen atoms in total. The summed E-state index contributed by atoms with van der Waals surface area (Å²) in [4.78, 5) is 11.6. The van der Waals surface area contributed by atoms with Crippen LogP contribution in [0.2, 0.25) is 0 Å². The number of hydrogen-bond acceptors (Lipinski definition) is 5. The van der Waals surface area contributed by atoms with Crippen LogP contribution in [-0.2, 0) is 10.0 Å². The van der Waals surface area contributed by atoms with E-state index in [1.54, 1.807) is 6.07 Å². The van der Waals surface area contributed by atoms with E-state index in [9.17, 15) is 18.5 Å². The average Bonchev–Trinajstić information content (AvgIpc) is 3.08. The van der Waals surface area contributed by atoms with Gasteiger partial charge in [0.2, 0.25) is 10.0 Å². The lowest BCUT2D eigenvalue weighted by atomic mass is 10.2. The Morgan fingerprint density at radius 2 is 1.75 bits per heavy atom. The van der Waals surface area contributed by atoms with Crippen LogP contribution in [0.25, 0.3) is 0 Å². The van der Waals surface area contributed by atoms with Gasteiger partial charge in [0.05, 0.1) is 14.7 Å². The Hall–Kier alpha value is -1.12. The molecule has 1 aromatic carbocycles. The van der Waals surface area contributed by atoms with E-state index in [0.717, 1.165) is 44.9 Å².